The van der Waals surface area contributed by atoms with Crippen molar-refractivity contribution in [3.63, 3.8) is 0 Å². The molecule has 2 rings (SSSR count). The van der Waals surface area contributed by atoms with E-state index in [0.29, 0.717) is 6.04 Å². The van der Waals surface area contributed by atoms with Crippen LogP contribution in [0.25, 0.3) is 0 Å². The molecule has 0 amide bonds. The van der Waals surface area contributed by atoms with Gasteiger partial charge in [0.2, 0.25) is 0 Å². The number of rotatable bonds is 5. The Hall–Kier alpha value is 0.230. The number of thioether (sulfide) groups is 1. The highest BCUT2D eigenvalue weighted by Crippen LogP contribution is 2.29. The van der Waals surface area contributed by atoms with E-state index in [1.807, 2.05) is 11.8 Å². The summed E-state index contributed by atoms with van der Waals surface area (Å²) in [6.07, 6.45) is 7.57. The fourth-order valence-corrected chi connectivity index (χ4v) is 3.88. The maximum absolute atomic E-state index is 5.96. The summed E-state index contributed by atoms with van der Waals surface area (Å²) in [6, 6.07) is 2.23. The summed E-state index contributed by atoms with van der Waals surface area (Å²) < 4.78 is 0. The minimum Gasteiger partial charge on any atom is -0.329 e. The van der Waals surface area contributed by atoms with Crippen LogP contribution in [-0.4, -0.2) is 66.6 Å². The molecule has 2 saturated heterocycles. The van der Waals surface area contributed by atoms with Gasteiger partial charge in [0, 0.05) is 37.8 Å². The number of likely N-dealkylation sites (tertiary alicyclic amines) is 1. The topological polar surface area (TPSA) is 32.5 Å². The van der Waals surface area contributed by atoms with Gasteiger partial charge in [-0.1, -0.05) is 0 Å². The molecule has 2 bridgehead atoms. The highest BCUT2D eigenvalue weighted by Gasteiger charge is 2.35. The molecule has 2 N–H and O–H groups in total. The van der Waals surface area contributed by atoms with Gasteiger partial charge in [0.15, 0.2) is 0 Å². The van der Waals surface area contributed by atoms with E-state index in [1.165, 1.54) is 44.5 Å². The van der Waals surface area contributed by atoms with Crippen LogP contribution >= 0.6 is 11.8 Å². The monoisotopic (exact) mass is 257 g/mol. The lowest BCUT2D eigenvalue weighted by Gasteiger charge is -2.32. The normalized spacial score (nSPS) is 32.6. The Balaban J connectivity index is 1.92. The number of nitrogens with zero attached hydrogens (tertiary/aromatic N) is 2. The van der Waals surface area contributed by atoms with Crippen molar-refractivity contribution < 1.29 is 0 Å². The second-order valence-corrected chi connectivity index (χ2v) is 6.49. The quantitative estimate of drug-likeness (QED) is 0.803. The first-order valence-corrected chi connectivity index (χ1v) is 8.30. The Morgan fingerprint density at radius 3 is 2.76 bits per heavy atom. The first kappa shape index (κ1) is 13.7. The van der Waals surface area contributed by atoms with Gasteiger partial charge < -0.3 is 5.73 Å². The van der Waals surface area contributed by atoms with Crippen molar-refractivity contribution in [1.82, 2.24) is 9.80 Å². The lowest BCUT2D eigenvalue weighted by Crippen LogP contribution is -2.45. The Morgan fingerprint density at radius 1 is 1.29 bits per heavy atom. The van der Waals surface area contributed by atoms with E-state index in [2.05, 4.69) is 23.1 Å². The summed E-state index contributed by atoms with van der Waals surface area (Å²) in [5, 5.41) is 0. The molecule has 0 aromatic heterocycles. The fraction of sp³-hybridized carbons (Fsp3) is 1.00. The Kier molecular flexibility index (Phi) is 5.15. The van der Waals surface area contributed by atoms with E-state index < -0.39 is 0 Å². The maximum atomic E-state index is 5.96. The van der Waals surface area contributed by atoms with Crippen LogP contribution in [0.1, 0.15) is 25.7 Å². The van der Waals surface area contributed by atoms with Gasteiger partial charge in [0.05, 0.1) is 0 Å². The molecule has 3 nitrogen and oxygen atoms in total. The third kappa shape index (κ3) is 3.16. The maximum Gasteiger partial charge on any atom is 0.0226 e. The molecule has 2 heterocycles. The van der Waals surface area contributed by atoms with Crippen LogP contribution in [0.3, 0.4) is 0 Å². The third-order valence-corrected chi connectivity index (χ3v) is 5.27. The molecule has 0 spiro atoms. The van der Waals surface area contributed by atoms with Gasteiger partial charge >= 0.3 is 0 Å². The zero-order valence-corrected chi connectivity index (χ0v) is 12.1. The summed E-state index contributed by atoms with van der Waals surface area (Å²) >= 11 is 1.94. The molecule has 0 aliphatic carbocycles. The second-order valence-electron chi connectivity index (χ2n) is 5.51. The standard InChI is InChI=1S/C13H27N3S/c1-15-11-3-4-13(15)10-16(7-5-11)12(9-14)6-8-17-2/h11-13H,3-10,14H2,1-2H3. The summed E-state index contributed by atoms with van der Waals surface area (Å²) in [6.45, 7) is 3.31. The predicted molar refractivity (Wildman–Crippen MR) is 76.6 cm³/mol. The number of nitrogens with two attached hydrogens (primary N) is 1. The third-order valence-electron chi connectivity index (χ3n) is 4.62. The highest BCUT2D eigenvalue weighted by molar-refractivity contribution is 7.98. The van der Waals surface area contributed by atoms with Crippen molar-refractivity contribution in [1.29, 1.82) is 0 Å². The van der Waals surface area contributed by atoms with Gasteiger partial charge in [0.25, 0.3) is 0 Å². The van der Waals surface area contributed by atoms with E-state index in [4.69, 9.17) is 5.73 Å². The van der Waals surface area contributed by atoms with Crippen molar-refractivity contribution in [2.24, 2.45) is 5.73 Å². The van der Waals surface area contributed by atoms with Gasteiger partial charge in [0.1, 0.15) is 0 Å². The van der Waals surface area contributed by atoms with E-state index in [-0.39, 0.29) is 0 Å². The van der Waals surface area contributed by atoms with Crippen molar-refractivity contribution in [2.75, 3.05) is 38.7 Å². The molecule has 100 valence electrons. The predicted octanol–water partition coefficient (Wildman–Crippen LogP) is 1.24. The van der Waals surface area contributed by atoms with Crippen molar-refractivity contribution in [2.45, 2.75) is 43.8 Å². The molecule has 17 heavy (non-hydrogen) atoms. The summed E-state index contributed by atoms with van der Waals surface area (Å²) in [5.41, 5.74) is 5.96. The number of hydrogen-bond donors (Lipinski definition) is 1. The number of fused-ring (bicyclic) bond motifs is 2. The molecule has 4 heteroatoms. The molecule has 3 unspecified atom stereocenters. The van der Waals surface area contributed by atoms with Crippen molar-refractivity contribution in [3.8, 4) is 0 Å². The highest BCUT2D eigenvalue weighted by atomic mass is 32.2. The molecule has 0 radical (unpaired) electrons. The first-order chi connectivity index (χ1) is 8.26. The molecule has 2 aliphatic heterocycles. The molecule has 2 aliphatic rings. The van der Waals surface area contributed by atoms with Crippen LogP contribution < -0.4 is 5.73 Å². The van der Waals surface area contributed by atoms with Crippen LogP contribution in [0, 0.1) is 0 Å². The largest absolute Gasteiger partial charge is 0.329 e. The average molecular weight is 257 g/mol. The summed E-state index contributed by atoms with van der Waals surface area (Å²) in [7, 11) is 2.31. The van der Waals surface area contributed by atoms with Gasteiger partial charge in [-0.05, 0) is 44.7 Å². The fourth-order valence-electron chi connectivity index (χ4n) is 3.37. The second kappa shape index (κ2) is 6.41. The minimum absolute atomic E-state index is 0.607. The molecular formula is C13H27N3S. The molecular weight excluding hydrogens is 230 g/mol. The lowest BCUT2D eigenvalue weighted by atomic mass is 10.1. The minimum atomic E-state index is 0.607. The number of likely N-dealkylation sites (N-methyl/N-ethyl adjacent to an activating group) is 1. The van der Waals surface area contributed by atoms with Crippen LogP contribution in [0.15, 0.2) is 0 Å². The zero-order chi connectivity index (χ0) is 12.3. The van der Waals surface area contributed by atoms with Crippen LogP contribution in [0.5, 0.6) is 0 Å². The van der Waals surface area contributed by atoms with Crippen molar-refractivity contribution in [3.05, 3.63) is 0 Å². The van der Waals surface area contributed by atoms with Crippen LogP contribution in [0.2, 0.25) is 0 Å². The molecule has 0 saturated carbocycles. The van der Waals surface area contributed by atoms with E-state index >= 15 is 0 Å². The zero-order valence-electron chi connectivity index (χ0n) is 11.3. The van der Waals surface area contributed by atoms with Crippen molar-refractivity contribution >= 4 is 11.8 Å². The molecule has 0 aromatic carbocycles. The van der Waals surface area contributed by atoms with Crippen LogP contribution in [-0.2, 0) is 0 Å². The average Bonchev–Trinajstić information content (AvgIpc) is 2.56. The first-order valence-electron chi connectivity index (χ1n) is 6.91. The van der Waals surface area contributed by atoms with E-state index in [1.54, 1.807) is 0 Å². The molecule has 2 fully saturated rings. The van der Waals surface area contributed by atoms with Gasteiger partial charge in [-0.25, -0.2) is 0 Å². The number of hydrogen-bond acceptors (Lipinski definition) is 4. The smallest absolute Gasteiger partial charge is 0.0226 e. The molecule has 0 aromatic rings. The van der Waals surface area contributed by atoms with Gasteiger partial charge in [-0.3, -0.25) is 9.80 Å². The Labute approximate surface area is 110 Å². The van der Waals surface area contributed by atoms with Crippen LogP contribution in [0.4, 0.5) is 0 Å². The van der Waals surface area contributed by atoms with Gasteiger partial charge in [-0.15, -0.1) is 0 Å². The van der Waals surface area contributed by atoms with E-state index in [0.717, 1.165) is 18.6 Å². The summed E-state index contributed by atoms with van der Waals surface area (Å²) in [4.78, 5) is 5.28. The molecule has 3 atom stereocenters. The lowest BCUT2D eigenvalue weighted by molar-refractivity contribution is 0.171. The Morgan fingerprint density at radius 2 is 2.06 bits per heavy atom. The van der Waals surface area contributed by atoms with E-state index in [9.17, 15) is 0 Å². The van der Waals surface area contributed by atoms with Gasteiger partial charge in [-0.2, -0.15) is 11.8 Å². The Bertz CT molecular complexity index is 237. The summed E-state index contributed by atoms with van der Waals surface area (Å²) in [5.74, 6) is 1.24. The SMILES string of the molecule is CSCCC(CN)N1CCC2CCC(C1)N2C.